The summed E-state index contributed by atoms with van der Waals surface area (Å²) in [7, 11) is 0. The van der Waals surface area contributed by atoms with Gasteiger partial charge >= 0.3 is 5.97 Å². The summed E-state index contributed by atoms with van der Waals surface area (Å²) in [6.07, 6.45) is 9.48. The van der Waals surface area contributed by atoms with Gasteiger partial charge in [-0.25, -0.2) is 0 Å². The molecular formula is C21H36O3. The van der Waals surface area contributed by atoms with Crippen LogP contribution in [0.1, 0.15) is 86.0 Å². The van der Waals surface area contributed by atoms with Crippen LogP contribution in [0.25, 0.3) is 0 Å². The Labute approximate surface area is 147 Å². The highest BCUT2D eigenvalue weighted by Crippen LogP contribution is 2.63. The van der Waals surface area contributed by atoms with Gasteiger partial charge in [-0.3, -0.25) is 4.79 Å². The van der Waals surface area contributed by atoms with E-state index in [1.807, 2.05) is 0 Å². The van der Waals surface area contributed by atoms with Gasteiger partial charge in [0.1, 0.15) is 6.10 Å². The minimum atomic E-state index is -0.158. The van der Waals surface area contributed by atoms with Gasteiger partial charge in [-0.05, 0) is 68.1 Å². The highest BCUT2D eigenvalue weighted by atomic mass is 16.5. The molecule has 0 amide bonds. The Hall–Kier alpha value is -0.570. The molecule has 24 heavy (non-hydrogen) atoms. The van der Waals surface area contributed by atoms with Crippen molar-refractivity contribution in [1.29, 1.82) is 0 Å². The van der Waals surface area contributed by atoms with Crippen LogP contribution >= 0.6 is 0 Å². The van der Waals surface area contributed by atoms with Crippen molar-refractivity contribution in [2.45, 2.75) is 97.7 Å². The van der Waals surface area contributed by atoms with Crippen LogP contribution in [-0.4, -0.2) is 24.3 Å². The second-order valence-electron chi connectivity index (χ2n) is 9.75. The lowest BCUT2D eigenvalue weighted by molar-refractivity contribution is -0.204. The van der Waals surface area contributed by atoms with E-state index in [4.69, 9.17) is 9.47 Å². The molecule has 1 heterocycles. The Morgan fingerprint density at radius 1 is 0.958 bits per heavy atom. The smallest absolute Gasteiger partial charge is 0.302 e. The summed E-state index contributed by atoms with van der Waals surface area (Å²) in [6.45, 7) is 12.1. The molecule has 1 saturated heterocycles. The molecule has 5 atom stereocenters. The maximum atomic E-state index is 11.4. The number of esters is 1. The first-order chi connectivity index (χ1) is 11.2. The van der Waals surface area contributed by atoms with Gasteiger partial charge in [-0.1, -0.05) is 27.2 Å². The summed E-state index contributed by atoms with van der Waals surface area (Å²) in [6, 6.07) is 0. The van der Waals surface area contributed by atoms with Crippen molar-refractivity contribution in [3.8, 4) is 0 Å². The first-order valence-corrected chi connectivity index (χ1v) is 9.99. The van der Waals surface area contributed by atoms with Crippen LogP contribution in [-0.2, 0) is 14.3 Å². The van der Waals surface area contributed by atoms with Crippen molar-refractivity contribution < 1.29 is 14.3 Å². The molecule has 1 aliphatic heterocycles. The van der Waals surface area contributed by atoms with E-state index in [0.717, 1.165) is 31.8 Å². The molecule has 0 aromatic rings. The third-order valence-corrected chi connectivity index (χ3v) is 7.72. The molecule has 3 fully saturated rings. The van der Waals surface area contributed by atoms with E-state index in [1.54, 1.807) is 0 Å². The summed E-state index contributed by atoms with van der Waals surface area (Å²) in [4.78, 5) is 11.4. The Morgan fingerprint density at radius 2 is 1.71 bits per heavy atom. The zero-order valence-electron chi connectivity index (χ0n) is 16.3. The first kappa shape index (κ1) is 18.2. The molecule has 0 radical (unpaired) electrons. The summed E-state index contributed by atoms with van der Waals surface area (Å²) in [5.74, 6) is 1.20. The maximum Gasteiger partial charge on any atom is 0.302 e. The molecule has 0 aromatic carbocycles. The van der Waals surface area contributed by atoms with Gasteiger partial charge in [0, 0.05) is 13.3 Å². The summed E-state index contributed by atoms with van der Waals surface area (Å²) >= 11 is 0. The van der Waals surface area contributed by atoms with Crippen LogP contribution < -0.4 is 0 Å². The molecule has 2 aliphatic carbocycles. The highest BCUT2D eigenvalue weighted by molar-refractivity contribution is 5.66. The quantitative estimate of drug-likeness (QED) is 0.623. The predicted molar refractivity (Wildman–Crippen MR) is 95.7 cm³/mol. The summed E-state index contributed by atoms with van der Waals surface area (Å²) < 4.78 is 12.0. The van der Waals surface area contributed by atoms with Crippen molar-refractivity contribution in [1.82, 2.24) is 0 Å². The molecule has 0 spiro atoms. The van der Waals surface area contributed by atoms with Crippen molar-refractivity contribution in [3.63, 3.8) is 0 Å². The molecule has 0 aromatic heterocycles. The van der Waals surface area contributed by atoms with Crippen LogP contribution in [0.4, 0.5) is 0 Å². The molecule has 138 valence electrons. The van der Waals surface area contributed by atoms with E-state index in [-0.39, 0.29) is 17.7 Å². The lowest BCUT2D eigenvalue weighted by Gasteiger charge is -2.62. The molecule has 3 aliphatic rings. The zero-order chi connectivity index (χ0) is 17.6. The average Bonchev–Trinajstić information content (AvgIpc) is 2.42. The first-order valence-electron chi connectivity index (χ1n) is 9.99. The van der Waals surface area contributed by atoms with Crippen molar-refractivity contribution in [2.75, 3.05) is 6.61 Å². The number of rotatable bonds is 1. The van der Waals surface area contributed by atoms with Crippen molar-refractivity contribution in [3.05, 3.63) is 0 Å². The van der Waals surface area contributed by atoms with Gasteiger partial charge < -0.3 is 9.47 Å². The normalized spacial score (nSPS) is 45.3. The minimum absolute atomic E-state index is 0.000135. The summed E-state index contributed by atoms with van der Waals surface area (Å²) in [5.41, 5.74) is 0.790. The fraction of sp³-hybridized carbons (Fsp3) is 0.952. The van der Waals surface area contributed by atoms with E-state index in [0.29, 0.717) is 16.7 Å². The molecule has 0 unspecified atom stereocenters. The standard InChI is InChI=1S/C21H36O3/c1-15(22)24-16-7-8-18-20(4)12-6-11-19(2,3)17(20)9-13-21(18,5)23-14-10-16/h16-18H,6-14H2,1-5H3/t16-,17-,18+,20+,21-/m1/s1. The van der Waals surface area contributed by atoms with E-state index in [9.17, 15) is 4.79 Å². The number of ether oxygens (including phenoxy) is 2. The number of carbonyl (C=O) groups is 1. The van der Waals surface area contributed by atoms with Crippen LogP contribution in [0, 0.1) is 22.7 Å². The SMILES string of the molecule is CC(=O)O[C@H]1CCO[C@]2(C)CC[C@@H]3C(C)(C)CCC[C@]3(C)[C@@H]2CC1. The molecular weight excluding hydrogens is 300 g/mol. The number of hydrogen-bond donors (Lipinski definition) is 0. The topological polar surface area (TPSA) is 35.5 Å². The third-order valence-electron chi connectivity index (χ3n) is 7.72. The Kier molecular flexibility index (Phi) is 4.79. The Bertz CT molecular complexity index is 485. The second-order valence-corrected chi connectivity index (χ2v) is 9.75. The average molecular weight is 337 g/mol. The maximum absolute atomic E-state index is 11.4. The molecule has 3 heteroatoms. The van der Waals surface area contributed by atoms with Crippen LogP contribution in [0.5, 0.6) is 0 Å². The van der Waals surface area contributed by atoms with Gasteiger partial charge in [-0.2, -0.15) is 0 Å². The minimum Gasteiger partial charge on any atom is -0.462 e. The predicted octanol–water partition coefficient (Wildman–Crippen LogP) is 5.12. The largest absolute Gasteiger partial charge is 0.462 e. The van der Waals surface area contributed by atoms with Gasteiger partial charge in [0.25, 0.3) is 0 Å². The van der Waals surface area contributed by atoms with Gasteiger partial charge in [0.2, 0.25) is 0 Å². The zero-order valence-corrected chi connectivity index (χ0v) is 16.3. The Morgan fingerprint density at radius 3 is 2.42 bits per heavy atom. The van der Waals surface area contributed by atoms with E-state index in [2.05, 4.69) is 27.7 Å². The van der Waals surface area contributed by atoms with Gasteiger partial charge in [0.05, 0.1) is 12.2 Å². The van der Waals surface area contributed by atoms with E-state index in [1.165, 1.54) is 39.0 Å². The van der Waals surface area contributed by atoms with Crippen molar-refractivity contribution in [2.24, 2.45) is 22.7 Å². The lowest BCUT2D eigenvalue weighted by Crippen LogP contribution is -2.59. The molecule has 2 saturated carbocycles. The van der Waals surface area contributed by atoms with Crippen LogP contribution in [0.15, 0.2) is 0 Å². The Balaban J connectivity index is 1.85. The molecule has 0 bridgehead atoms. The lowest BCUT2D eigenvalue weighted by atomic mass is 9.45. The van der Waals surface area contributed by atoms with Crippen molar-refractivity contribution >= 4 is 5.97 Å². The molecule has 0 N–H and O–H groups in total. The van der Waals surface area contributed by atoms with E-state index >= 15 is 0 Å². The monoisotopic (exact) mass is 336 g/mol. The third kappa shape index (κ3) is 3.13. The van der Waals surface area contributed by atoms with E-state index < -0.39 is 0 Å². The second kappa shape index (κ2) is 6.30. The fourth-order valence-corrected chi connectivity index (χ4v) is 6.69. The molecule has 3 nitrogen and oxygen atoms in total. The van der Waals surface area contributed by atoms with Crippen LogP contribution in [0.3, 0.4) is 0 Å². The van der Waals surface area contributed by atoms with Crippen LogP contribution in [0.2, 0.25) is 0 Å². The number of fused-ring (bicyclic) bond motifs is 3. The highest BCUT2D eigenvalue weighted by Gasteiger charge is 2.58. The number of hydrogen-bond acceptors (Lipinski definition) is 3. The van der Waals surface area contributed by atoms with Gasteiger partial charge in [-0.15, -0.1) is 0 Å². The number of carbonyl (C=O) groups excluding carboxylic acids is 1. The van der Waals surface area contributed by atoms with Gasteiger partial charge in [0.15, 0.2) is 0 Å². The summed E-state index contributed by atoms with van der Waals surface area (Å²) in [5, 5.41) is 0. The fourth-order valence-electron chi connectivity index (χ4n) is 6.69. The molecule has 3 rings (SSSR count).